The third-order valence-corrected chi connectivity index (χ3v) is 6.71. The molecular formula is C23H33N3O2. The second-order valence-corrected chi connectivity index (χ2v) is 8.84. The summed E-state index contributed by atoms with van der Waals surface area (Å²) in [6.45, 7) is 4.53. The maximum absolute atomic E-state index is 13.1. The summed E-state index contributed by atoms with van der Waals surface area (Å²) in [6.07, 6.45) is 6.02. The minimum atomic E-state index is -0.0104. The largest absolute Gasteiger partial charge is 0.342 e. The molecule has 1 aromatic carbocycles. The van der Waals surface area contributed by atoms with Gasteiger partial charge in [-0.25, -0.2) is 0 Å². The van der Waals surface area contributed by atoms with Crippen molar-refractivity contribution in [3.63, 3.8) is 0 Å². The van der Waals surface area contributed by atoms with E-state index in [9.17, 15) is 9.59 Å². The molecule has 2 heterocycles. The number of likely N-dealkylation sites (tertiary alicyclic amines) is 2. The van der Waals surface area contributed by atoms with Crippen molar-refractivity contribution in [3.05, 3.63) is 35.9 Å². The van der Waals surface area contributed by atoms with Crippen molar-refractivity contribution in [2.24, 2.45) is 11.8 Å². The molecule has 5 heteroatoms. The SMILES string of the molecule is CN(C(=O)C1CCCN(C(=O)C2CC2)C1)C1CCN(Cc2ccccc2)CC1. The summed E-state index contributed by atoms with van der Waals surface area (Å²) in [5.74, 6) is 0.772. The first-order valence-corrected chi connectivity index (χ1v) is 10.9. The van der Waals surface area contributed by atoms with Crippen molar-refractivity contribution >= 4 is 11.8 Å². The van der Waals surface area contributed by atoms with Gasteiger partial charge in [-0.05, 0) is 44.1 Å². The predicted molar refractivity (Wildman–Crippen MR) is 110 cm³/mol. The first-order chi connectivity index (χ1) is 13.6. The third-order valence-electron chi connectivity index (χ3n) is 6.71. The predicted octanol–water partition coefficient (Wildman–Crippen LogP) is 2.76. The zero-order valence-electron chi connectivity index (χ0n) is 17.1. The summed E-state index contributed by atoms with van der Waals surface area (Å²) in [6, 6.07) is 10.9. The lowest BCUT2D eigenvalue weighted by molar-refractivity contribution is -0.142. The molecule has 4 rings (SSSR count). The fraction of sp³-hybridized carbons (Fsp3) is 0.652. The molecule has 152 valence electrons. The van der Waals surface area contributed by atoms with Crippen molar-refractivity contribution < 1.29 is 9.59 Å². The van der Waals surface area contributed by atoms with Gasteiger partial charge in [0.2, 0.25) is 11.8 Å². The van der Waals surface area contributed by atoms with Crippen LogP contribution in [0.2, 0.25) is 0 Å². The number of hydrogen-bond acceptors (Lipinski definition) is 3. The fourth-order valence-corrected chi connectivity index (χ4v) is 4.74. The summed E-state index contributed by atoms with van der Waals surface area (Å²) in [5.41, 5.74) is 1.35. The maximum Gasteiger partial charge on any atom is 0.227 e. The number of carbonyl (C=O) groups is 2. The van der Waals surface area contributed by atoms with Gasteiger partial charge in [0.05, 0.1) is 5.92 Å². The van der Waals surface area contributed by atoms with Gasteiger partial charge in [-0.15, -0.1) is 0 Å². The van der Waals surface area contributed by atoms with Crippen molar-refractivity contribution in [1.82, 2.24) is 14.7 Å². The van der Waals surface area contributed by atoms with E-state index in [1.54, 1.807) is 0 Å². The Morgan fingerprint density at radius 2 is 1.68 bits per heavy atom. The Balaban J connectivity index is 1.26. The van der Waals surface area contributed by atoms with Crippen molar-refractivity contribution in [3.8, 4) is 0 Å². The highest BCUT2D eigenvalue weighted by atomic mass is 16.2. The van der Waals surface area contributed by atoms with Gasteiger partial charge in [0.1, 0.15) is 0 Å². The lowest BCUT2D eigenvalue weighted by Gasteiger charge is -2.40. The molecule has 0 N–H and O–H groups in total. The van der Waals surface area contributed by atoms with Crippen molar-refractivity contribution in [1.29, 1.82) is 0 Å². The summed E-state index contributed by atoms with van der Waals surface area (Å²) >= 11 is 0. The normalized spacial score (nSPS) is 24.2. The van der Waals surface area contributed by atoms with Crippen LogP contribution in [0.25, 0.3) is 0 Å². The zero-order chi connectivity index (χ0) is 19.5. The highest BCUT2D eigenvalue weighted by molar-refractivity contribution is 5.83. The first kappa shape index (κ1) is 19.4. The standard InChI is InChI=1S/C23H33N3O2/c1-24(21-11-14-25(15-12-21)16-18-6-3-2-4-7-18)22(27)20-8-5-13-26(17-20)23(28)19-9-10-19/h2-4,6-7,19-21H,5,8-17H2,1H3. The third kappa shape index (κ3) is 4.57. The molecule has 3 fully saturated rings. The lowest BCUT2D eigenvalue weighted by Crippen LogP contribution is -2.50. The molecule has 2 saturated heterocycles. The van der Waals surface area contributed by atoms with E-state index in [2.05, 4.69) is 35.2 Å². The molecule has 3 aliphatic rings. The first-order valence-electron chi connectivity index (χ1n) is 10.9. The molecule has 1 aromatic rings. The van der Waals surface area contributed by atoms with Crippen LogP contribution in [0.5, 0.6) is 0 Å². The minimum Gasteiger partial charge on any atom is -0.342 e. The molecule has 5 nitrogen and oxygen atoms in total. The summed E-state index contributed by atoms with van der Waals surface area (Å²) in [5, 5.41) is 0. The van der Waals surface area contributed by atoms with Crippen LogP contribution >= 0.6 is 0 Å². The Kier molecular flexibility index (Phi) is 6.00. The Morgan fingerprint density at radius 3 is 2.36 bits per heavy atom. The second-order valence-electron chi connectivity index (χ2n) is 8.84. The van der Waals surface area contributed by atoms with E-state index >= 15 is 0 Å². The van der Waals surface area contributed by atoms with Gasteiger partial charge in [-0.3, -0.25) is 14.5 Å². The number of carbonyl (C=O) groups excluding carboxylic acids is 2. The van der Waals surface area contributed by atoms with Crippen LogP contribution in [0, 0.1) is 11.8 Å². The molecular weight excluding hydrogens is 350 g/mol. The van der Waals surface area contributed by atoms with Gasteiger partial charge in [0.25, 0.3) is 0 Å². The zero-order valence-corrected chi connectivity index (χ0v) is 17.1. The van der Waals surface area contributed by atoms with Gasteiger partial charge < -0.3 is 9.80 Å². The quantitative estimate of drug-likeness (QED) is 0.785. The molecule has 0 radical (unpaired) electrons. The van der Waals surface area contributed by atoms with Gasteiger partial charge in [-0.1, -0.05) is 30.3 Å². The summed E-state index contributed by atoms with van der Waals surface area (Å²) in [4.78, 5) is 31.9. The Labute approximate surface area is 168 Å². The smallest absolute Gasteiger partial charge is 0.227 e. The number of benzene rings is 1. The van der Waals surface area contributed by atoms with Crippen LogP contribution in [0.4, 0.5) is 0 Å². The monoisotopic (exact) mass is 383 g/mol. The topological polar surface area (TPSA) is 43.9 Å². The highest BCUT2D eigenvalue weighted by Crippen LogP contribution is 2.33. The van der Waals surface area contributed by atoms with Gasteiger partial charge in [0, 0.05) is 51.7 Å². The summed E-state index contributed by atoms with van der Waals surface area (Å²) in [7, 11) is 1.97. The fourth-order valence-electron chi connectivity index (χ4n) is 4.74. The van der Waals surface area contributed by atoms with Crippen LogP contribution in [0.3, 0.4) is 0 Å². The van der Waals surface area contributed by atoms with E-state index in [1.807, 2.05) is 16.8 Å². The van der Waals surface area contributed by atoms with E-state index < -0.39 is 0 Å². The average molecular weight is 384 g/mol. The molecule has 1 unspecified atom stereocenters. The second kappa shape index (κ2) is 8.64. The Hall–Kier alpha value is -1.88. The van der Waals surface area contributed by atoms with Gasteiger partial charge in [0.15, 0.2) is 0 Å². The van der Waals surface area contributed by atoms with E-state index in [-0.39, 0.29) is 23.7 Å². The maximum atomic E-state index is 13.1. The molecule has 28 heavy (non-hydrogen) atoms. The van der Waals surface area contributed by atoms with Crippen molar-refractivity contribution in [2.45, 2.75) is 51.1 Å². The molecule has 2 amide bonds. The lowest BCUT2D eigenvalue weighted by atomic mass is 9.94. The van der Waals surface area contributed by atoms with Gasteiger partial charge >= 0.3 is 0 Å². The van der Waals surface area contributed by atoms with Crippen LogP contribution in [-0.4, -0.2) is 65.8 Å². The van der Waals surface area contributed by atoms with E-state index in [4.69, 9.17) is 0 Å². The number of amides is 2. The highest BCUT2D eigenvalue weighted by Gasteiger charge is 2.38. The van der Waals surface area contributed by atoms with Gasteiger partial charge in [-0.2, -0.15) is 0 Å². The molecule has 2 aliphatic heterocycles. The molecule has 1 atom stereocenters. The number of rotatable bonds is 5. The summed E-state index contributed by atoms with van der Waals surface area (Å²) < 4.78 is 0. The van der Waals surface area contributed by atoms with Crippen LogP contribution < -0.4 is 0 Å². The Morgan fingerprint density at radius 1 is 0.964 bits per heavy atom. The van der Waals surface area contributed by atoms with Crippen LogP contribution in [0.15, 0.2) is 30.3 Å². The molecule has 1 aliphatic carbocycles. The average Bonchev–Trinajstić information content (AvgIpc) is 3.59. The van der Waals surface area contributed by atoms with E-state index in [1.165, 1.54) is 5.56 Å². The molecule has 1 saturated carbocycles. The molecule has 0 spiro atoms. The minimum absolute atomic E-state index is 0.0104. The van der Waals surface area contributed by atoms with Crippen LogP contribution in [0.1, 0.15) is 44.1 Å². The van der Waals surface area contributed by atoms with Crippen LogP contribution in [-0.2, 0) is 16.1 Å². The van der Waals surface area contributed by atoms with E-state index in [0.717, 1.165) is 64.7 Å². The number of nitrogens with zero attached hydrogens (tertiary/aromatic N) is 3. The van der Waals surface area contributed by atoms with Crippen molar-refractivity contribution in [2.75, 3.05) is 33.2 Å². The van der Waals surface area contributed by atoms with E-state index in [0.29, 0.717) is 12.6 Å². The number of hydrogen-bond donors (Lipinski definition) is 0. The Bertz CT molecular complexity index is 680. The molecule has 0 bridgehead atoms. The molecule has 0 aromatic heterocycles. The number of piperidine rings is 2.